The van der Waals surface area contributed by atoms with Gasteiger partial charge < -0.3 is 15.5 Å². The molecule has 0 aliphatic rings. The number of amides is 1. The van der Waals surface area contributed by atoms with Crippen LogP contribution in [0.5, 0.6) is 0 Å². The average Bonchev–Trinajstić information content (AvgIpc) is 2.92. The molecule has 1 amide bonds. The molecule has 2 rings (SSSR count). The Morgan fingerprint density at radius 2 is 2.39 bits per heavy atom. The van der Waals surface area contributed by atoms with E-state index in [-0.39, 0.29) is 11.8 Å². The molecule has 0 bridgehead atoms. The van der Waals surface area contributed by atoms with Crippen LogP contribution in [0.1, 0.15) is 6.92 Å². The van der Waals surface area contributed by atoms with Gasteiger partial charge in [0.15, 0.2) is 12.2 Å². The van der Waals surface area contributed by atoms with Crippen molar-refractivity contribution in [3.8, 4) is 11.3 Å². The molecule has 18 heavy (non-hydrogen) atoms. The molecule has 3 N–H and O–H groups in total. The third-order valence-corrected chi connectivity index (χ3v) is 2.65. The molecule has 0 spiro atoms. The molecule has 2 aromatic rings. The molecule has 5 nitrogen and oxygen atoms in total. The number of aromatic nitrogens is 1. The van der Waals surface area contributed by atoms with Gasteiger partial charge in [0, 0.05) is 23.7 Å². The fourth-order valence-electron chi connectivity index (χ4n) is 1.48. The molecule has 0 radical (unpaired) electrons. The van der Waals surface area contributed by atoms with Gasteiger partial charge in [-0.2, -0.15) is 0 Å². The van der Waals surface area contributed by atoms with Crippen molar-refractivity contribution in [3.63, 3.8) is 0 Å². The Balaban J connectivity index is 2.16. The summed E-state index contributed by atoms with van der Waals surface area (Å²) in [7, 11) is 0. The van der Waals surface area contributed by atoms with E-state index in [2.05, 4.69) is 10.3 Å². The SMILES string of the molecule is CC(CN)C(=O)Nc1cccc(-c2cnco2)c1. The van der Waals surface area contributed by atoms with E-state index in [1.54, 1.807) is 13.1 Å². The van der Waals surface area contributed by atoms with E-state index in [1.165, 1.54) is 6.39 Å². The van der Waals surface area contributed by atoms with Crippen molar-refractivity contribution < 1.29 is 9.21 Å². The zero-order valence-electron chi connectivity index (χ0n) is 10.1. The largest absolute Gasteiger partial charge is 0.444 e. The highest BCUT2D eigenvalue weighted by Gasteiger charge is 2.11. The first-order valence-electron chi connectivity index (χ1n) is 5.70. The predicted octanol–water partition coefficient (Wildman–Crippen LogP) is 1.87. The molecule has 1 heterocycles. The number of nitrogens with one attached hydrogen (secondary N) is 1. The Labute approximate surface area is 105 Å². The molecule has 0 saturated carbocycles. The Morgan fingerprint density at radius 1 is 1.56 bits per heavy atom. The van der Waals surface area contributed by atoms with E-state index < -0.39 is 0 Å². The Morgan fingerprint density at radius 3 is 3.06 bits per heavy atom. The number of hydrogen-bond acceptors (Lipinski definition) is 4. The summed E-state index contributed by atoms with van der Waals surface area (Å²) in [5.74, 6) is 0.365. The molecule has 1 unspecified atom stereocenters. The number of nitrogens with zero attached hydrogens (tertiary/aromatic N) is 1. The van der Waals surface area contributed by atoms with Crippen molar-refractivity contribution in [2.75, 3.05) is 11.9 Å². The van der Waals surface area contributed by atoms with Crippen LogP contribution in [0.25, 0.3) is 11.3 Å². The summed E-state index contributed by atoms with van der Waals surface area (Å²) in [4.78, 5) is 15.6. The molecule has 0 aliphatic heterocycles. The van der Waals surface area contributed by atoms with Crippen LogP contribution in [0.3, 0.4) is 0 Å². The number of carbonyl (C=O) groups is 1. The molecule has 0 aliphatic carbocycles. The van der Waals surface area contributed by atoms with E-state index in [4.69, 9.17) is 10.2 Å². The third-order valence-electron chi connectivity index (χ3n) is 2.65. The summed E-state index contributed by atoms with van der Waals surface area (Å²) >= 11 is 0. The Kier molecular flexibility index (Phi) is 3.74. The summed E-state index contributed by atoms with van der Waals surface area (Å²) in [6.07, 6.45) is 3.00. The van der Waals surface area contributed by atoms with Gasteiger partial charge in [0.2, 0.25) is 5.91 Å². The van der Waals surface area contributed by atoms with Crippen LogP contribution in [0.4, 0.5) is 5.69 Å². The van der Waals surface area contributed by atoms with Crippen molar-refractivity contribution in [1.82, 2.24) is 4.98 Å². The number of hydrogen-bond donors (Lipinski definition) is 2. The second-order valence-corrected chi connectivity index (χ2v) is 4.07. The van der Waals surface area contributed by atoms with Gasteiger partial charge in [-0.15, -0.1) is 0 Å². The first kappa shape index (κ1) is 12.3. The normalized spacial score (nSPS) is 12.1. The Bertz CT molecular complexity index is 523. The number of rotatable bonds is 4. The highest BCUT2D eigenvalue weighted by molar-refractivity contribution is 5.93. The number of carbonyl (C=O) groups excluding carboxylic acids is 1. The summed E-state index contributed by atoms with van der Waals surface area (Å²) in [6, 6.07) is 7.39. The van der Waals surface area contributed by atoms with E-state index in [0.29, 0.717) is 18.0 Å². The average molecular weight is 245 g/mol. The second-order valence-electron chi connectivity index (χ2n) is 4.07. The van der Waals surface area contributed by atoms with E-state index in [9.17, 15) is 4.79 Å². The van der Waals surface area contributed by atoms with Crippen molar-refractivity contribution >= 4 is 11.6 Å². The predicted molar refractivity (Wildman–Crippen MR) is 68.8 cm³/mol. The molecule has 1 aromatic heterocycles. The minimum Gasteiger partial charge on any atom is -0.444 e. The first-order chi connectivity index (χ1) is 8.70. The highest BCUT2D eigenvalue weighted by atomic mass is 16.3. The van der Waals surface area contributed by atoms with Crippen LogP contribution in [-0.4, -0.2) is 17.4 Å². The molecule has 5 heteroatoms. The summed E-state index contributed by atoms with van der Waals surface area (Å²) < 4.78 is 5.20. The van der Waals surface area contributed by atoms with Gasteiger partial charge in [-0.25, -0.2) is 4.98 Å². The molecular weight excluding hydrogens is 230 g/mol. The summed E-state index contributed by atoms with van der Waals surface area (Å²) in [6.45, 7) is 2.11. The molecule has 1 aromatic carbocycles. The van der Waals surface area contributed by atoms with Crippen LogP contribution >= 0.6 is 0 Å². The van der Waals surface area contributed by atoms with Crippen LogP contribution in [0.15, 0.2) is 41.3 Å². The molecule has 0 saturated heterocycles. The lowest BCUT2D eigenvalue weighted by Gasteiger charge is -2.10. The highest BCUT2D eigenvalue weighted by Crippen LogP contribution is 2.22. The molecule has 1 atom stereocenters. The van der Waals surface area contributed by atoms with Crippen molar-refractivity contribution in [3.05, 3.63) is 36.9 Å². The van der Waals surface area contributed by atoms with Crippen LogP contribution < -0.4 is 11.1 Å². The van der Waals surface area contributed by atoms with Gasteiger partial charge in [0.05, 0.1) is 6.20 Å². The molecular formula is C13H15N3O2. The van der Waals surface area contributed by atoms with Crippen molar-refractivity contribution in [2.45, 2.75) is 6.92 Å². The Hall–Kier alpha value is -2.14. The van der Waals surface area contributed by atoms with Gasteiger partial charge in [-0.05, 0) is 12.1 Å². The minimum absolute atomic E-state index is 0.0905. The monoisotopic (exact) mass is 245 g/mol. The van der Waals surface area contributed by atoms with E-state index in [1.807, 2.05) is 24.3 Å². The lowest BCUT2D eigenvalue weighted by atomic mass is 10.1. The number of anilines is 1. The van der Waals surface area contributed by atoms with E-state index >= 15 is 0 Å². The first-order valence-corrected chi connectivity index (χ1v) is 5.70. The zero-order chi connectivity index (χ0) is 13.0. The number of benzene rings is 1. The second kappa shape index (κ2) is 5.46. The molecule has 94 valence electrons. The maximum atomic E-state index is 11.7. The maximum absolute atomic E-state index is 11.7. The van der Waals surface area contributed by atoms with Crippen LogP contribution in [0, 0.1) is 5.92 Å². The smallest absolute Gasteiger partial charge is 0.228 e. The van der Waals surface area contributed by atoms with Crippen molar-refractivity contribution in [2.24, 2.45) is 11.7 Å². The van der Waals surface area contributed by atoms with Gasteiger partial charge in [0.1, 0.15) is 0 Å². The number of oxazole rings is 1. The number of nitrogens with two attached hydrogens (primary N) is 1. The summed E-state index contributed by atoms with van der Waals surface area (Å²) in [5.41, 5.74) is 7.03. The lowest BCUT2D eigenvalue weighted by Crippen LogP contribution is -2.26. The zero-order valence-corrected chi connectivity index (χ0v) is 10.1. The topological polar surface area (TPSA) is 81.2 Å². The molecule has 0 fully saturated rings. The fraction of sp³-hybridized carbons (Fsp3) is 0.231. The quantitative estimate of drug-likeness (QED) is 0.861. The van der Waals surface area contributed by atoms with Gasteiger partial charge in [0.25, 0.3) is 0 Å². The third kappa shape index (κ3) is 2.75. The van der Waals surface area contributed by atoms with E-state index in [0.717, 1.165) is 5.56 Å². The van der Waals surface area contributed by atoms with Crippen LogP contribution in [0.2, 0.25) is 0 Å². The van der Waals surface area contributed by atoms with Crippen molar-refractivity contribution in [1.29, 1.82) is 0 Å². The fourth-order valence-corrected chi connectivity index (χ4v) is 1.48. The summed E-state index contributed by atoms with van der Waals surface area (Å²) in [5, 5.41) is 2.81. The van der Waals surface area contributed by atoms with Crippen LogP contribution in [-0.2, 0) is 4.79 Å². The van der Waals surface area contributed by atoms with Gasteiger partial charge in [-0.1, -0.05) is 19.1 Å². The maximum Gasteiger partial charge on any atom is 0.228 e. The standard InChI is InChI=1S/C13H15N3O2/c1-9(6-14)13(17)16-11-4-2-3-10(5-11)12-7-15-8-18-12/h2-5,7-9H,6,14H2,1H3,(H,16,17). The van der Waals surface area contributed by atoms with Gasteiger partial charge in [-0.3, -0.25) is 4.79 Å². The lowest BCUT2D eigenvalue weighted by molar-refractivity contribution is -0.119. The van der Waals surface area contributed by atoms with Gasteiger partial charge >= 0.3 is 0 Å². The minimum atomic E-state index is -0.209.